The average Bonchev–Trinajstić information content (AvgIpc) is 2.14. The fraction of sp³-hybridized carbons (Fsp3) is 0.400. The minimum absolute atomic E-state index is 0.281. The van der Waals surface area contributed by atoms with Crippen LogP contribution in [-0.2, 0) is 0 Å². The second kappa shape index (κ2) is 5.53. The van der Waals surface area contributed by atoms with Gasteiger partial charge in [0.15, 0.2) is 0 Å². The molecule has 0 bridgehead atoms. The monoisotopic (exact) mass is 215 g/mol. The summed E-state index contributed by atoms with van der Waals surface area (Å²) < 4.78 is 0. The average molecular weight is 216 g/mol. The summed E-state index contributed by atoms with van der Waals surface area (Å²) in [5.41, 5.74) is 5.81. The summed E-state index contributed by atoms with van der Waals surface area (Å²) in [4.78, 5) is 1.19. The van der Waals surface area contributed by atoms with Crippen molar-refractivity contribution in [3.05, 3.63) is 29.3 Å². The second-order valence-corrected chi connectivity index (χ2v) is 4.47. The highest BCUT2D eigenvalue weighted by atomic mass is 35.5. The molecule has 0 fully saturated rings. The van der Waals surface area contributed by atoms with E-state index in [0.717, 1.165) is 17.2 Å². The highest BCUT2D eigenvalue weighted by molar-refractivity contribution is 7.99. The zero-order valence-corrected chi connectivity index (χ0v) is 9.24. The number of rotatable bonds is 4. The Morgan fingerprint density at radius 2 is 2.31 bits per heavy atom. The van der Waals surface area contributed by atoms with Gasteiger partial charge in [0.1, 0.15) is 0 Å². The lowest BCUT2D eigenvalue weighted by atomic mass is 10.3. The molecule has 1 rings (SSSR count). The number of thioether (sulfide) groups is 1. The quantitative estimate of drug-likeness (QED) is 0.781. The van der Waals surface area contributed by atoms with E-state index in [2.05, 4.69) is 13.0 Å². The highest BCUT2D eigenvalue weighted by Gasteiger charge is 2.00. The summed E-state index contributed by atoms with van der Waals surface area (Å²) in [5.74, 6) is 0.955. The third kappa shape index (κ3) is 4.03. The Morgan fingerprint density at radius 3 is 2.92 bits per heavy atom. The molecule has 3 heteroatoms. The van der Waals surface area contributed by atoms with Crippen molar-refractivity contribution in [3.8, 4) is 0 Å². The molecule has 0 aromatic heterocycles. The fourth-order valence-corrected chi connectivity index (χ4v) is 2.16. The molecule has 0 saturated heterocycles. The molecule has 72 valence electrons. The van der Waals surface area contributed by atoms with Crippen LogP contribution in [0.2, 0.25) is 5.02 Å². The standard InChI is InChI=1S/C10H14ClNS/c1-2-9(12)7-13-10-5-3-4-8(11)6-10/h3-6,9H,2,7,12H2,1H3/t9-/m0/s1. The van der Waals surface area contributed by atoms with Gasteiger partial charge in [0, 0.05) is 21.7 Å². The van der Waals surface area contributed by atoms with E-state index in [1.165, 1.54) is 4.90 Å². The van der Waals surface area contributed by atoms with Gasteiger partial charge in [0.05, 0.1) is 0 Å². The van der Waals surface area contributed by atoms with Crippen LogP contribution in [0.25, 0.3) is 0 Å². The van der Waals surface area contributed by atoms with Crippen LogP contribution in [0.3, 0.4) is 0 Å². The zero-order valence-electron chi connectivity index (χ0n) is 7.66. The van der Waals surface area contributed by atoms with Crippen LogP contribution in [-0.4, -0.2) is 11.8 Å². The van der Waals surface area contributed by atoms with Crippen LogP contribution in [0.4, 0.5) is 0 Å². The predicted octanol–water partition coefficient (Wildman–Crippen LogP) is 3.17. The SMILES string of the molecule is CC[C@H](N)CSc1cccc(Cl)c1. The largest absolute Gasteiger partial charge is 0.327 e. The summed E-state index contributed by atoms with van der Waals surface area (Å²) in [6.07, 6.45) is 1.02. The molecule has 0 radical (unpaired) electrons. The van der Waals surface area contributed by atoms with Gasteiger partial charge < -0.3 is 5.73 Å². The lowest BCUT2D eigenvalue weighted by Gasteiger charge is -2.07. The molecule has 1 aromatic carbocycles. The third-order valence-corrected chi connectivity index (χ3v) is 3.20. The van der Waals surface area contributed by atoms with Gasteiger partial charge in [-0.05, 0) is 24.6 Å². The lowest BCUT2D eigenvalue weighted by molar-refractivity contribution is 0.725. The molecular formula is C10H14ClNS. The van der Waals surface area contributed by atoms with Crippen molar-refractivity contribution in [2.24, 2.45) is 5.73 Å². The van der Waals surface area contributed by atoms with Crippen molar-refractivity contribution in [1.29, 1.82) is 0 Å². The Hall–Kier alpha value is -0.180. The maximum absolute atomic E-state index is 5.85. The van der Waals surface area contributed by atoms with Gasteiger partial charge in [-0.15, -0.1) is 11.8 Å². The van der Waals surface area contributed by atoms with Crippen molar-refractivity contribution in [2.75, 3.05) is 5.75 Å². The molecule has 0 amide bonds. The molecule has 0 aliphatic carbocycles. The van der Waals surface area contributed by atoms with Gasteiger partial charge in [-0.1, -0.05) is 24.6 Å². The Balaban J connectivity index is 2.45. The number of benzene rings is 1. The Kier molecular flexibility index (Phi) is 4.64. The zero-order chi connectivity index (χ0) is 9.68. The Morgan fingerprint density at radius 1 is 1.54 bits per heavy atom. The van der Waals surface area contributed by atoms with E-state index in [-0.39, 0.29) is 6.04 Å². The third-order valence-electron chi connectivity index (χ3n) is 1.78. The molecule has 0 heterocycles. The lowest BCUT2D eigenvalue weighted by Crippen LogP contribution is -2.21. The van der Waals surface area contributed by atoms with Crippen molar-refractivity contribution >= 4 is 23.4 Å². The summed E-state index contributed by atoms with van der Waals surface area (Å²) in [6.45, 7) is 2.10. The molecule has 0 saturated carbocycles. The van der Waals surface area contributed by atoms with Gasteiger partial charge in [-0.3, -0.25) is 0 Å². The minimum atomic E-state index is 0.281. The van der Waals surface area contributed by atoms with Gasteiger partial charge in [-0.2, -0.15) is 0 Å². The summed E-state index contributed by atoms with van der Waals surface area (Å²) in [7, 11) is 0. The Labute approximate surface area is 88.7 Å². The molecule has 0 aliphatic rings. The maximum atomic E-state index is 5.85. The number of halogens is 1. The summed E-state index contributed by atoms with van der Waals surface area (Å²) >= 11 is 7.61. The van der Waals surface area contributed by atoms with Crippen molar-refractivity contribution in [3.63, 3.8) is 0 Å². The van der Waals surface area contributed by atoms with E-state index in [1.54, 1.807) is 11.8 Å². The van der Waals surface area contributed by atoms with E-state index in [1.807, 2.05) is 18.2 Å². The summed E-state index contributed by atoms with van der Waals surface area (Å²) in [6, 6.07) is 8.14. The van der Waals surface area contributed by atoms with Gasteiger partial charge in [-0.25, -0.2) is 0 Å². The van der Waals surface area contributed by atoms with Crippen molar-refractivity contribution in [2.45, 2.75) is 24.3 Å². The first-order valence-corrected chi connectivity index (χ1v) is 5.72. The predicted molar refractivity (Wildman–Crippen MR) is 60.4 cm³/mol. The second-order valence-electron chi connectivity index (χ2n) is 2.94. The van der Waals surface area contributed by atoms with Crippen LogP contribution in [0.15, 0.2) is 29.2 Å². The normalized spacial score (nSPS) is 12.8. The van der Waals surface area contributed by atoms with Gasteiger partial charge >= 0.3 is 0 Å². The molecule has 0 spiro atoms. The smallest absolute Gasteiger partial charge is 0.0417 e. The van der Waals surface area contributed by atoms with Crippen LogP contribution in [0, 0.1) is 0 Å². The van der Waals surface area contributed by atoms with Crippen LogP contribution < -0.4 is 5.73 Å². The number of hydrogen-bond acceptors (Lipinski definition) is 2. The molecule has 13 heavy (non-hydrogen) atoms. The van der Waals surface area contributed by atoms with Gasteiger partial charge in [0.25, 0.3) is 0 Å². The minimum Gasteiger partial charge on any atom is -0.327 e. The van der Waals surface area contributed by atoms with Crippen molar-refractivity contribution in [1.82, 2.24) is 0 Å². The van der Waals surface area contributed by atoms with E-state index >= 15 is 0 Å². The first-order chi connectivity index (χ1) is 6.22. The van der Waals surface area contributed by atoms with Crippen molar-refractivity contribution < 1.29 is 0 Å². The molecule has 1 nitrogen and oxygen atoms in total. The molecular weight excluding hydrogens is 202 g/mol. The maximum Gasteiger partial charge on any atom is 0.0417 e. The van der Waals surface area contributed by atoms with Gasteiger partial charge in [0.2, 0.25) is 0 Å². The first-order valence-electron chi connectivity index (χ1n) is 4.36. The molecule has 0 aliphatic heterocycles. The number of nitrogens with two attached hydrogens (primary N) is 1. The molecule has 1 atom stereocenters. The van der Waals surface area contributed by atoms with Crippen LogP contribution in [0.1, 0.15) is 13.3 Å². The first kappa shape index (κ1) is 10.9. The van der Waals surface area contributed by atoms with E-state index in [0.29, 0.717) is 0 Å². The van der Waals surface area contributed by atoms with E-state index < -0.39 is 0 Å². The Bertz CT molecular complexity index is 265. The number of hydrogen-bond donors (Lipinski definition) is 1. The highest BCUT2D eigenvalue weighted by Crippen LogP contribution is 2.22. The molecule has 0 unspecified atom stereocenters. The van der Waals surface area contributed by atoms with E-state index in [4.69, 9.17) is 17.3 Å². The van der Waals surface area contributed by atoms with Crippen LogP contribution in [0.5, 0.6) is 0 Å². The molecule has 1 aromatic rings. The summed E-state index contributed by atoms with van der Waals surface area (Å²) in [5, 5.41) is 0.787. The molecule has 2 N–H and O–H groups in total. The fourth-order valence-electron chi connectivity index (χ4n) is 0.878. The van der Waals surface area contributed by atoms with E-state index in [9.17, 15) is 0 Å². The van der Waals surface area contributed by atoms with Crippen LogP contribution >= 0.6 is 23.4 Å². The topological polar surface area (TPSA) is 26.0 Å².